The van der Waals surface area contributed by atoms with Gasteiger partial charge in [0.25, 0.3) is 5.56 Å². The van der Waals surface area contributed by atoms with E-state index in [1.807, 2.05) is 12.1 Å². The van der Waals surface area contributed by atoms with Gasteiger partial charge in [-0.2, -0.15) is 0 Å². The van der Waals surface area contributed by atoms with Crippen molar-refractivity contribution < 1.29 is 9.84 Å². The third kappa shape index (κ3) is 6.86. The molecule has 0 spiro atoms. The highest BCUT2D eigenvalue weighted by atomic mass is 16.5. The lowest BCUT2D eigenvalue weighted by Gasteiger charge is -2.29. The Balaban J connectivity index is 1.22. The zero-order valence-corrected chi connectivity index (χ0v) is 21.1. The molecule has 2 aliphatic rings. The van der Waals surface area contributed by atoms with Gasteiger partial charge >= 0.3 is 0 Å². The van der Waals surface area contributed by atoms with Crippen molar-refractivity contribution in [1.29, 1.82) is 0 Å². The van der Waals surface area contributed by atoms with Crippen molar-refractivity contribution in [2.75, 3.05) is 32.8 Å². The number of nitrogens with zero attached hydrogens (tertiary/aromatic N) is 2. The molecule has 0 bridgehead atoms. The number of H-pyrrole nitrogens is 1. The van der Waals surface area contributed by atoms with Gasteiger partial charge in [0.05, 0.1) is 25.2 Å². The molecule has 1 atom stereocenters. The standard InChI is InChI=1S/C30H34N4O3/c35-29-28(32-21-33-30(29)36)26(19-31-27-2-1-3-27)18-24-10-6-22(7-11-24)4-5-23-8-12-25(13-9-23)20-34-14-16-37-17-15-34/h6-13,21,26-27,31,35H,1-3,14-20H2,(H,32,33,36). The van der Waals surface area contributed by atoms with Crippen LogP contribution in [0.3, 0.4) is 0 Å². The Bertz CT molecular complexity index is 1280. The van der Waals surface area contributed by atoms with Crippen LogP contribution in [0.1, 0.15) is 53.1 Å². The summed E-state index contributed by atoms with van der Waals surface area (Å²) in [6, 6.07) is 17.2. The van der Waals surface area contributed by atoms with Gasteiger partial charge in [-0.05, 0) is 54.7 Å². The molecule has 5 rings (SSSR count). The monoisotopic (exact) mass is 498 g/mol. The lowest BCUT2D eigenvalue weighted by atomic mass is 9.90. The van der Waals surface area contributed by atoms with Gasteiger partial charge in [0.1, 0.15) is 0 Å². The van der Waals surface area contributed by atoms with Gasteiger partial charge in [-0.15, -0.1) is 0 Å². The maximum Gasteiger partial charge on any atom is 0.293 e. The number of ether oxygens (including phenoxy) is 1. The zero-order chi connectivity index (χ0) is 25.5. The SMILES string of the molecule is O=c1[nH]cnc(C(CNC2CCC2)Cc2ccc(C#Cc3ccc(CN4CCOCC4)cc3)cc2)c1O. The number of rotatable bonds is 8. The lowest BCUT2D eigenvalue weighted by molar-refractivity contribution is 0.0342. The predicted octanol–water partition coefficient (Wildman–Crippen LogP) is 3.18. The van der Waals surface area contributed by atoms with Crippen molar-refractivity contribution in [2.24, 2.45) is 0 Å². The Kier molecular flexibility index (Phi) is 8.32. The first-order valence-electron chi connectivity index (χ1n) is 13.1. The molecule has 37 heavy (non-hydrogen) atoms. The molecule has 0 amide bonds. The van der Waals surface area contributed by atoms with Gasteiger partial charge < -0.3 is 20.1 Å². The average molecular weight is 499 g/mol. The second kappa shape index (κ2) is 12.2. The minimum absolute atomic E-state index is 0.101. The first kappa shape index (κ1) is 25.2. The average Bonchev–Trinajstić information content (AvgIpc) is 2.90. The molecule has 1 aliphatic heterocycles. The van der Waals surface area contributed by atoms with Gasteiger partial charge in [0.2, 0.25) is 5.75 Å². The number of hydrogen-bond acceptors (Lipinski definition) is 6. The fourth-order valence-corrected chi connectivity index (χ4v) is 4.76. The minimum atomic E-state index is -0.501. The third-order valence-electron chi connectivity index (χ3n) is 7.25. The Labute approximate surface area is 217 Å². The third-order valence-corrected chi connectivity index (χ3v) is 7.25. The van der Waals surface area contributed by atoms with Crippen LogP contribution in [-0.2, 0) is 17.7 Å². The quantitative estimate of drug-likeness (QED) is 0.414. The first-order valence-corrected chi connectivity index (χ1v) is 13.1. The van der Waals surface area contributed by atoms with Gasteiger partial charge in [0, 0.05) is 49.3 Å². The molecule has 192 valence electrons. The summed E-state index contributed by atoms with van der Waals surface area (Å²) in [5, 5.41) is 13.9. The molecule has 3 N–H and O–H groups in total. The molecule has 2 aromatic carbocycles. The number of benzene rings is 2. The molecule has 3 aromatic rings. The molecule has 1 saturated heterocycles. The van der Waals surface area contributed by atoms with Gasteiger partial charge in [0.15, 0.2) is 0 Å². The van der Waals surface area contributed by atoms with Crippen LogP contribution in [0.4, 0.5) is 0 Å². The Morgan fingerprint density at radius 1 is 1.03 bits per heavy atom. The van der Waals surface area contributed by atoms with E-state index in [2.05, 4.69) is 68.4 Å². The highest BCUT2D eigenvalue weighted by Gasteiger charge is 2.23. The molecule has 1 aromatic heterocycles. The summed E-state index contributed by atoms with van der Waals surface area (Å²) in [6.07, 6.45) is 5.62. The molecule has 7 nitrogen and oxygen atoms in total. The summed E-state index contributed by atoms with van der Waals surface area (Å²) < 4.78 is 5.42. The number of nitrogens with one attached hydrogen (secondary N) is 2. The van der Waals surface area contributed by atoms with Crippen LogP contribution in [0, 0.1) is 11.8 Å². The maximum absolute atomic E-state index is 12.0. The van der Waals surface area contributed by atoms with E-state index >= 15 is 0 Å². The van der Waals surface area contributed by atoms with Crippen LogP contribution in [-0.4, -0.2) is 58.9 Å². The van der Waals surface area contributed by atoms with Gasteiger partial charge in [-0.25, -0.2) is 4.98 Å². The summed E-state index contributed by atoms with van der Waals surface area (Å²) >= 11 is 0. The highest BCUT2D eigenvalue weighted by molar-refractivity contribution is 5.44. The summed E-state index contributed by atoms with van der Waals surface area (Å²) in [5.41, 5.74) is 4.28. The molecule has 7 heteroatoms. The van der Waals surface area contributed by atoms with E-state index < -0.39 is 5.56 Å². The van der Waals surface area contributed by atoms with Crippen molar-refractivity contribution in [2.45, 2.75) is 44.2 Å². The molecular weight excluding hydrogens is 464 g/mol. The maximum atomic E-state index is 12.0. The van der Waals surface area contributed by atoms with E-state index in [0.717, 1.165) is 49.5 Å². The Morgan fingerprint density at radius 3 is 2.30 bits per heavy atom. The topological polar surface area (TPSA) is 90.5 Å². The van der Waals surface area contributed by atoms with E-state index in [1.165, 1.54) is 31.2 Å². The zero-order valence-electron chi connectivity index (χ0n) is 21.1. The second-order valence-corrected chi connectivity index (χ2v) is 9.93. The van der Waals surface area contributed by atoms with Crippen molar-refractivity contribution in [3.05, 3.63) is 93.2 Å². The molecule has 2 heterocycles. The fraction of sp³-hybridized carbons (Fsp3) is 0.400. The van der Waals surface area contributed by atoms with Crippen LogP contribution < -0.4 is 10.9 Å². The number of aromatic hydroxyl groups is 1. The van der Waals surface area contributed by atoms with Crippen molar-refractivity contribution >= 4 is 0 Å². The van der Waals surface area contributed by atoms with Gasteiger partial charge in [-0.1, -0.05) is 42.5 Å². The van der Waals surface area contributed by atoms with E-state index in [1.54, 1.807) is 0 Å². The van der Waals surface area contributed by atoms with Crippen LogP contribution in [0.5, 0.6) is 5.75 Å². The molecule has 1 unspecified atom stereocenters. The normalized spacial score (nSPS) is 17.0. The first-order chi connectivity index (χ1) is 18.1. The van der Waals surface area contributed by atoms with Crippen molar-refractivity contribution in [3.63, 3.8) is 0 Å². The van der Waals surface area contributed by atoms with Crippen molar-refractivity contribution in [3.8, 4) is 17.6 Å². The van der Waals surface area contributed by atoms with Crippen LogP contribution in [0.25, 0.3) is 0 Å². The second-order valence-electron chi connectivity index (χ2n) is 9.93. The van der Waals surface area contributed by atoms with E-state index in [-0.39, 0.29) is 11.7 Å². The molecule has 0 radical (unpaired) electrons. The fourth-order valence-electron chi connectivity index (χ4n) is 4.76. The summed E-state index contributed by atoms with van der Waals surface area (Å²) in [6.45, 7) is 5.20. The summed E-state index contributed by atoms with van der Waals surface area (Å²) in [5.74, 6) is 6.13. The predicted molar refractivity (Wildman–Crippen MR) is 144 cm³/mol. The molecule has 1 saturated carbocycles. The van der Waals surface area contributed by atoms with E-state index in [9.17, 15) is 9.90 Å². The molecular formula is C30H34N4O3. The van der Waals surface area contributed by atoms with E-state index in [4.69, 9.17) is 4.74 Å². The summed E-state index contributed by atoms with van der Waals surface area (Å²) in [4.78, 5) is 21.1. The van der Waals surface area contributed by atoms with Crippen LogP contribution in [0.15, 0.2) is 59.7 Å². The number of aromatic amines is 1. The highest BCUT2D eigenvalue weighted by Crippen LogP contribution is 2.25. The van der Waals surface area contributed by atoms with Gasteiger partial charge in [-0.3, -0.25) is 9.69 Å². The van der Waals surface area contributed by atoms with E-state index in [0.29, 0.717) is 24.7 Å². The Morgan fingerprint density at radius 2 is 1.68 bits per heavy atom. The number of morpholine rings is 1. The van der Waals surface area contributed by atoms with Crippen LogP contribution in [0.2, 0.25) is 0 Å². The van der Waals surface area contributed by atoms with Crippen LogP contribution >= 0.6 is 0 Å². The van der Waals surface area contributed by atoms with Crippen molar-refractivity contribution in [1.82, 2.24) is 20.2 Å². The Hall–Kier alpha value is -3.44. The lowest BCUT2D eigenvalue weighted by Crippen LogP contribution is -2.38. The largest absolute Gasteiger partial charge is 0.502 e. The number of aromatic nitrogens is 2. The smallest absolute Gasteiger partial charge is 0.293 e. The molecule has 1 aliphatic carbocycles. The number of hydrogen-bond donors (Lipinski definition) is 3. The molecule has 2 fully saturated rings. The minimum Gasteiger partial charge on any atom is -0.502 e. The summed E-state index contributed by atoms with van der Waals surface area (Å²) in [7, 11) is 0.